The number of carbonyl (C=O) groups is 1. The number of piperidine rings is 1. The van der Waals surface area contributed by atoms with Crippen molar-refractivity contribution in [3.8, 4) is 6.07 Å². The van der Waals surface area contributed by atoms with E-state index in [2.05, 4.69) is 4.98 Å². The number of nitriles is 1. The van der Waals surface area contributed by atoms with E-state index in [9.17, 15) is 14.9 Å². The highest BCUT2D eigenvalue weighted by Crippen LogP contribution is 2.25. The number of anilines is 1. The molecule has 0 N–H and O–H groups in total. The topological polar surface area (TPSA) is 100 Å². The van der Waals surface area contributed by atoms with Crippen LogP contribution in [0.1, 0.15) is 18.4 Å². The normalized spacial score (nSPS) is 15.8. The Morgan fingerprint density at radius 2 is 2.21 bits per heavy atom. The maximum atomic E-state index is 10.7. The van der Waals surface area contributed by atoms with Gasteiger partial charge in [0.25, 0.3) is 5.69 Å². The number of nitrogens with zero attached hydrogens (tertiary/aromatic N) is 4. The fraction of sp³-hybridized carbons (Fsp3) is 0.417. The van der Waals surface area contributed by atoms with Crippen LogP contribution in [0.4, 0.5) is 11.5 Å². The minimum absolute atomic E-state index is 0.0554. The molecule has 0 saturated carbocycles. The predicted octanol–water partition coefficient (Wildman–Crippen LogP) is 1.28. The minimum Gasteiger partial charge on any atom is -0.355 e. The first kappa shape index (κ1) is 13.0. The Balaban J connectivity index is 2.23. The zero-order valence-corrected chi connectivity index (χ0v) is 10.2. The molecule has 1 saturated heterocycles. The van der Waals surface area contributed by atoms with E-state index in [0.29, 0.717) is 31.7 Å². The van der Waals surface area contributed by atoms with Gasteiger partial charge in [-0.2, -0.15) is 5.26 Å². The highest BCUT2D eigenvalue weighted by Gasteiger charge is 2.23. The van der Waals surface area contributed by atoms with Gasteiger partial charge in [-0.25, -0.2) is 4.98 Å². The fourth-order valence-electron chi connectivity index (χ4n) is 2.13. The van der Waals surface area contributed by atoms with Crippen LogP contribution in [0.5, 0.6) is 0 Å². The number of nitro groups is 1. The lowest BCUT2D eigenvalue weighted by Crippen LogP contribution is -2.35. The molecule has 1 aromatic rings. The molecular formula is C12H12N4O3. The summed E-state index contributed by atoms with van der Waals surface area (Å²) in [5.74, 6) is 0.511. The summed E-state index contributed by atoms with van der Waals surface area (Å²) >= 11 is 0. The molecule has 1 aromatic heterocycles. The number of pyridine rings is 1. The van der Waals surface area contributed by atoms with Crippen molar-refractivity contribution in [2.45, 2.75) is 12.8 Å². The van der Waals surface area contributed by atoms with Crippen molar-refractivity contribution >= 4 is 17.8 Å². The van der Waals surface area contributed by atoms with Crippen molar-refractivity contribution in [3.63, 3.8) is 0 Å². The lowest BCUT2D eigenvalue weighted by atomic mass is 9.98. The SMILES string of the molecule is N#Cc1cc([N+](=O)[O-])cnc1N1CCC(C=O)CC1. The summed E-state index contributed by atoms with van der Waals surface area (Å²) < 4.78 is 0. The summed E-state index contributed by atoms with van der Waals surface area (Å²) in [5.41, 5.74) is 0.00169. The molecule has 0 bridgehead atoms. The van der Waals surface area contributed by atoms with Gasteiger partial charge in [0.2, 0.25) is 0 Å². The van der Waals surface area contributed by atoms with Crippen LogP contribution >= 0.6 is 0 Å². The molecule has 7 nitrogen and oxygen atoms in total. The van der Waals surface area contributed by atoms with Crippen LogP contribution < -0.4 is 4.90 Å². The van der Waals surface area contributed by atoms with Crippen LogP contribution in [0, 0.1) is 27.4 Å². The zero-order chi connectivity index (χ0) is 13.8. The van der Waals surface area contributed by atoms with Crippen molar-refractivity contribution in [2.24, 2.45) is 5.92 Å². The van der Waals surface area contributed by atoms with E-state index in [1.54, 1.807) is 0 Å². The summed E-state index contributed by atoms with van der Waals surface area (Å²) in [5, 5.41) is 19.7. The average molecular weight is 260 g/mol. The van der Waals surface area contributed by atoms with Crippen molar-refractivity contribution < 1.29 is 9.72 Å². The van der Waals surface area contributed by atoms with Crippen LogP contribution in [-0.2, 0) is 4.79 Å². The summed E-state index contributed by atoms with van der Waals surface area (Å²) in [7, 11) is 0. The molecule has 0 spiro atoms. The van der Waals surface area contributed by atoms with E-state index in [0.717, 1.165) is 12.5 Å². The molecule has 7 heteroatoms. The molecule has 0 radical (unpaired) electrons. The van der Waals surface area contributed by atoms with E-state index < -0.39 is 4.92 Å². The second-order valence-corrected chi connectivity index (χ2v) is 4.39. The summed E-state index contributed by atoms with van der Waals surface area (Å²) in [6, 6.07) is 3.17. The number of hydrogen-bond donors (Lipinski definition) is 0. The van der Waals surface area contributed by atoms with Gasteiger partial charge in [-0.05, 0) is 12.8 Å². The molecule has 1 aliphatic rings. The minimum atomic E-state index is -0.573. The van der Waals surface area contributed by atoms with Crippen molar-refractivity contribution in [3.05, 3.63) is 27.9 Å². The highest BCUT2D eigenvalue weighted by atomic mass is 16.6. The van der Waals surface area contributed by atoms with Gasteiger partial charge in [0.1, 0.15) is 29.9 Å². The molecule has 19 heavy (non-hydrogen) atoms. The van der Waals surface area contributed by atoms with Gasteiger partial charge in [0, 0.05) is 25.1 Å². The van der Waals surface area contributed by atoms with Gasteiger partial charge in [0.15, 0.2) is 0 Å². The average Bonchev–Trinajstić information content (AvgIpc) is 2.46. The van der Waals surface area contributed by atoms with E-state index in [1.807, 2.05) is 11.0 Å². The van der Waals surface area contributed by atoms with Gasteiger partial charge in [0.05, 0.1) is 4.92 Å². The van der Waals surface area contributed by atoms with Crippen molar-refractivity contribution in [1.29, 1.82) is 5.26 Å². The number of rotatable bonds is 3. The second kappa shape index (κ2) is 5.44. The third kappa shape index (κ3) is 2.68. The highest BCUT2D eigenvalue weighted by molar-refractivity contribution is 5.59. The fourth-order valence-corrected chi connectivity index (χ4v) is 2.13. The third-order valence-electron chi connectivity index (χ3n) is 3.22. The first-order valence-corrected chi connectivity index (χ1v) is 5.90. The van der Waals surface area contributed by atoms with Gasteiger partial charge in [-0.3, -0.25) is 10.1 Å². The molecule has 0 unspecified atom stereocenters. The molecular weight excluding hydrogens is 248 g/mol. The molecule has 1 aliphatic heterocycles. The second-order valence-electron chi connectivity index (χ2n) is 4.39. The number of hydrogen-bond acceptors (Lipinski definition) is 6. The maximum absolute atomic E-state index is 10.7. The smallest absolute Gasteiger partial charge is 0.289 e. The van der Waals surface area contributed by atoms with Crippen LogP contribution in [-0.4, -0.2) is 29.3 Å². The summed E-state index contributed by atoms with van der Waals surface area (Å²) in [6.07, 6.45) is 3.54. The van der Waals surface area contributed by atoms with Gasteiger partial charge >= 0.3 is 0 Å². The monoisotopic (exact) mass is 260 g/mol. The van der Waals surface area contributed by atoms with Crippen LogP contribution in [0.25, 0.3) is 0 Å². The van der Waals surface area contributed by atoms with E-state index in [1.165, 1.54) is 6.07 Å². The molecule has 0 amide bonds. The van der Waals surface area contributed by atoms with Crippen LogP contribution in [0.15, 0.2) is 12.3 Å². The van der Waals surface area contributed by atoms with Crippen molar-refractivity contribution in [1.82, 2.24) is 4.98 Å². The standard InChI is InChI=1S/C12H12N4O3/c13-6-10-5-11(16(18)19)7-14-12(10)15-3-1-9(8-17)2-4-15/h5,7-9H,1-4H2. The Labute approximate surface area is 109 Å². The lowest BCUT2D eigenvalue weighted by Gasteiger charge is -2.30. The van der Waals surface area contributed by atoms with Crippen molar-refractivity contribution in [2.75, 3.05) is 18.0 Å². The quantitative estimate of drug-likeness (QED) is 0.461. The lowest BCUT2D eigenvalue weighted by molar-refractivity contribution is -0.385. The summed E-state index contributed by atoms with van der Waals surface area (Å²) in [6.45, 7) is 1.26. The van der Waals surface area contributed by atoms with Crippen LogP contribution in [0.2, 0.25) is 0 Å². The first-order chi connectivity index (χ1) is 9.15. The molecule has 2 rings (SSSR count). The zero-order valence-electron chi connectivity index (χ0n) is 10.2. The Morgan fingerprint density at radius 3 is 2.74 bits per heavy atom. The molecule has 98 valence electrons. The van der Waals surface area contributed by atoms with Gasteiger partial charge in [-0.15, -0.1) is 0 Å². The Hall–Kier alpha value is -2.49. The molecule has 1 fully saturated rings. The predicted molar refractivity (Wildman–Crippen MR) is 66.6 cm³/mol. The molecule has 0 aliphatic carbocycles. The molecule has 0 aromatic carbocycles. The number of aromatic nitrogens is 1. The van der Waals surface area contributed by atoms with Gasteiger partial charge < -0.3 is 9.69 Å². The Morgan fingerprint density at radius 1 is 1.53 bits per heavy atom. The number of carbonyl (C=O) groups excluding carboxylic acids is 1. The van der Waals surface area contributed by atoms with E-state index in [-0.39, 0.29) is 17.2 Å². The third-order valence-corrected chi connectivity index (χ3v) is 3.22. The first-order valence-electron chi connectivity index (χ1n) is 5.90. The Kier molecular flexibility index (Phi) is 3.71. The Bertz CT molecular complexity index is 544. The van der Waals surface area contributed by atoms with E-state index >= 15 is 0 Å². The largest absolute Gasteiger partial charge is 0.355 e. The number of aldehydes is 1. The summed E-state index contributed by atoms with van der Waals surface area (Å²) in [4.78, 5) is 26.7. The van der Waals surface area contributed by atoms with Gasteiger partial charge in [-0.1, -0.05) is 0 Å². The molecule has 0 atom stereocenters. The molecule has 2 heterocycles. The van der Waals surface area contributed by atoms with E-state index in [4.69, 9.17) is 5.26 Å². The van der Waals surface area contributed by atoms with Crippen LogP contribution in [0.3, 0.4) is 0 Å². The maximum Gasteiger partial charge on any atom is 0.289 e.